The SMILES string of the molecule is O=C(Cc1ccc(C(F)(F)F)cc1)N1CCCNCC1. The highest BCUT2D eigenvalue weighted by molar-refractivity contribution is 5.78. The molecule has 0 bridgehead atoms. The molecule has 1 heterocycles. The van der Waals surface area contributed by atoms with Crippen LogP contribution in [0.4, 0.5) is 13.2 Å². The van der Waals surface area contributed by atoms with E-state index in [0.717, 1.165) is 31.6 Å². The van der Waals surface area contributed by atoms with Gasteiger partial charge in [-0.1, -0.05) is 12.1 Å². The minimum atomic E-state index is -4.33. The minimum absolute atomic E-state index is 0.0338. The first kappa shape index (κ1) is 14.8. The van der Waals surface area contributed by atoms with Crippen molar-refractivity contribution in [1.29, 1.82) is 0 Å². The van der Waals surface area contributed by atoms with Crippen LogP contribution in [0.25, 0.3) is 0 Å². The number of carbonyl (C=O) groups is 1. The molecule has 110 valence electrons. The number of rotatable bonds is 2. The van der Waals surface area contributed by atoms with Gasteiger partial charge in [0, 0.05) is 19.6 Å². The first-order chi connectivity index (χ1) is 9.47. The summed E-state index contributed by atoms with van der Waals surface area (Å²) in [5, 5.41) is 3.20. The zero-order valence-electron chi connectivity index (χ0n) is 11.0. The van der Waals surface area contributed by atoms with E-state index < -0.39 is 11.7 Å². The maximum absolute atomic E-state index is 12.4. The fraction of sp³-hybridized carbons (Fsp3) is 0.500. The predicted octanol–water partition coefficient (Wildman–Crippen LogP) is 2.07. The van der Waals surface area contributed by atoms with Crippen LogP contribution in [-0.2, 0) is 17.4 Å². The van der Waals surface area contributed by atoms with Crippen LogP contribution in [0.2, 0.25) is 0 Å². The van der Waals surface area contributed by atoms with Crippen molar-refractivity contribution in [2.24, 2.45) is 0 Å². The number of nitrogens with one attached hydrogen (secondary N) is 1. The van der Waals surface area contributed by atoms with E-state index in [1.165, 1.54) is 12.1 Å². The molecule has 1 aromatic carbocycles. The number of hydrogen-bond acceptors (Lipinski definition) is 2. The van der Waals surface area contributed by atoms with Crippen LogP contribution in [0.5, 0.6) is 0 Å². The monoisotopic (exact) mass is 286 g/mol. The second kappa shape index (κ2) is 6.26. The van der Waals surface area contributed by atoms with Gasteiger partial charge in [-0.25, -0.2) is 0 Å². The molecule has 1 fully saturated rings. The van der Waals surface area contributed by atoms with Crippen LogP contribution in [0, 0.1) is 0 Å². The molecule has 0 aromatic heterocycles. The summed E-state index contributed by atoms with van der Waals surface area (Å²) in [6, 6.07) is 4.78. The van der Waals surface area contributed by atoms with Crippen molar-refractivity contribution in [2.45, 2.75) is 19.0 Å². The molecule has 1 amide bonds. The van der Waals surface area contributed by atoms with Gasteiger partial charge in [0.15, 0.2) is 0 Å². The zero-order valence-corrected chi connectivity index (χ0v) is 11.0. The van der Waals surface area contributed by atoms with Crippen LogP contribution >= 0.6 is 0 Å². The van der Waals surface area contributed by atoms with Crippen molar-refractivity contribution < 1.29 is 18.0 Å². The lowest BCUT2D eigenvalue weighted by atomic mass is 10.1. The highest BCUT2D eigenvalue weighted by Gasteiger charge is 2.30. The first-order valence-corrected chi connectivity index (χ1v) is 6.61. The fourth-order valence-electron chi connectivity index (χ4n) is 2.19. The molecule has 0 saturated carbocycles. The Morgan fingerprint density at radius 1 is 1.15 bits per heavy atom. The summed E-state index contributed by atoms with van der Waals surface area (Å²) in [6.07, 6.45) is -3.28. The summed E-state index contributed by atoms with van der Waals surface area (Å²) in [5.41, 5.74) is -0.0760. The van der Waals surface area contributed by atoms with Gasteiger partial charge in [-0.3, -0.25) is 4.79 Å². The Balaban J connectivity index is 1.97. The van der Waals surface area contributed by atoms with Gasteiger partial charge in [0.05, 0.1) is 12.0 Å². The smallest absolute Gasteiger partial charge is 0.341 e. The highest BCUT2D eigenvalue weighted by Crippen LogP contribution is 2.29. The van der Waals surface area contributed by atoms with E-state index in [2.05, 4.69) is 5.32 Å². The maximum Gasteiger partial charge on any atom is 0.416 e. The standard InChI is InChI=1S/C14H17F3N2O/c15-14(16,17)12-4-2-11(3-5-12)10-13(20)19-8-1-6-18-7-9-19/h2-5,18H,1,6-10H2. The largest absolute Gasteiger partial charge is 0.416 e. The number of amides is 1. The van der Waals surface area contributed by atoms with Gasteiger partial charge in [-0.05, 0) is 30.7 Å². The van der Waals surface area contributed by atoms with E-state index in [9.17, 15) is 18.0 Å². The summed E-state index contributed by atoms with van der Waals surface area (Å²) in [5.74, 6) is -0.0338. The second-order valence-corrected chi connectivity index (χ2v) is 4.86. The van der Waals surface area contributed by atoms with Crippen LogP contribution < -0.4 is 5.32 Å². The van der Waals surface area contributed by atoms with Crippen molar-refractivity contribution in [1.82, 2.24) is 10.2 Å². The average Bonchev–Trinajstić information content (AvgIpc) is 2.67. The molecule has 1 aliphatic rings. The van der Waals surface area contributed by atoms with Crippen molar-refractivity contribution in [3.8, 4) is 0 Å². The molecule has 3 nitrogen and oxygen atoms in total. The molecule has 0 radical (unpaired) electrons. The third-order valence-corrected chi connectivity index (χ3v) is 3.33. The molecule has 0 atom stereocenters. The summed E-state index contributed by atoms with van der Waals surface area (Å²) in [7, 11) is 0. The quantitative estimate of drug-likeness (QED) is 0.902. The molecule has 1 aliphatic heterocycles. The van der Waals surface area contributed by atoms with Gasteiger partial charge < -0.3 is 10.2 Å². The lowest BCUT2D eigenvalue weighted by Crippen LogP contribution is -2.35. The summed E-state index contributed by atoms with van der Waals surface area (Å²) in [6.45, 7) is 3.01. The number of halogens is 3. The molecule has 0 unspecified atom stereocenters. The van der Waals surface area contributed by atoms with Gasteiger partial charge in [0.2, 0.25) is 5.91 Å². The molecule has 1 N–H and O–H groups in total. The van der Waals surface area contributed by atoms with Gasteiger partial charge in [0.25, 0.3) is 0 Å². The third-order valence-electron chi connectivity index (χ3n) is 3.33. The number of benzene rings is 1. The Labute approximate surface area is 115 Å². The van der Waals surface area contributed by atoms with Gasteiger partial charge in [0.1, 0.15) is 0 Å². The Morgan fingerprint density at radius 3 is 2.50 bits per heavy atom. The van der Waals surface area contributed by atoms with E-state index in [-0.39, 0.29) is 12.3 Å². The molecular formula is C14H17F3N2O. The predicted molar refractivity (Wildman–Crippen MR) is 69.2 cm³/mol. The third kappa shape index (κ3) is 3.96. The summed E-state index contributed by atoms with van der Waals surface area (Å²) in [4.78, 5) is 13.8. The van der Waals surface area contributed by atoms with Crippen LogP contribution in [0.15, 0.2) is 24.3 Å². The number of alkyl halides is 3. The maximum atomic E-state index is 12.4. The van der Waals surface area contributed by atoms with E-state index in [1.54, 1.807) is 4.90 Å². The molecule has 0 spiro atoms. The average molecular weight is 286 g/mol. The van der Waals surface area contributed by atoms with E-state index in [0.29, 0.717) is 18.7 Å². The molecule has 1 aromatic rings. The molecule has 0 aliphatic carbocycles. The van der Waals surface area contributed by atoms with E-state index >= 15 is 0 Å². The van der Waals surface area contributed by atoms with Crippen molar-refractivity contribution in [2.75, 3.05) is 26.2 Å². The zero-order chi connectivity index (χ0) is 14.6. The molecular weight excluding hydrogens is 269 g/mol. The molecule has 6 heteroatoms. The van der Waals surface area contributed by atoms with Crippen molar-refractivity contribution in [3.05, 3.63) is 35.4 Å². The van der Waals surface area contributed by atoms with Gasteiger partial charge in [-0.2, -0.15) is 13.2 Å². The van der Waals surface area contributed by atoms with E-state index in [1.807, 2.05) is 0 Å². The van der Waals surface area contributed by atoms with Crippen molar-refractivity contribution >= 4 is 5.91 Å². The Kier molecular flexibility index (Phi) is 4.65. The number of hydrogen-bond donors (Lipinski definition) is 1. The molecule has 20 heavy (non-hydrogen) atoms. The van der Waals surface area contributed by atoms with Crippen LogP contribution in [0.3, 0.4) is 0 Å². The minimum Gasteiger partial charge on any atom is -0.341 e. The summed E-state index contributed by atoms with van der Waals surface area (Å²) >= 11 is 0. The Bertz CT molecular complexity index is 448. The fourth-order valence-corrected chi connectivity index (χ4v) is 2.19. The van der Waals surface area contributed by atoms with Gasteiger partial charge >= 0.3 is 6.18 Å². The first-order valence-electron chi connectivity index (χ1n) is 6.61. The second-order valence-electron chi connectivity index (χ2n) is 4.86. The number of nitrogens with zero attached hydrogens (tertiary/aromatic N) is 1. The van der Waals surface area contributed by atoms with Crippen LogP contribution in [-0.4, -0.2) is 37.0 Å². The molecule has 2 rings (SSSR count). The molecule has 1 saturated heterocycles. The lowest BCUT2D eigenvalue weighted by molar-refractivity contribution is -0.137. The number of carbonyl (C=O) groups excluding carboxylic acids is 1. The van der Waals surface area contributed by atoms with Gasteiger partial charge in [-0.15, -0.1) is 0 Å². The Hall–Kier alpha value is -1.56. The lowest BCUT2D eigenvalue weighted by Gasteiger charge is -2.20. The highest BCUT2D eigenvalue weighted by atomic mass is 19.4. The summed E-state index contributed by atoms with van der Waals surface area (Å²) < 4.78 is 37.3. The van der Waals surface area contributed by atoms with Crippen molar-refractivity contribution in [3.63, 3.8) is 0 Å². The topological polar surface area (TPSA) is 32.3 Å². The normalized spacial score (nSPS) is 16.9. The Morgan fingerprint density at radius 2 is 1.85 bits per heavy atom. The van der Waals surface area contributed by atoms with Crippen LogP contribution in [0.1, 0.15) is 17.5 Å². The van der Waals surface area contributed by atoms with E-state index in [4.69, 9.17) is 0 Å².